The van der Waals surface area contributed by atoms with E-state index in [-0.39, 0.29) is 0 Å². The lowest BCUT2D eigenvalue weighted by molar-refractivity contribution is 1.18. The van der Waals surface area contributed by atoms with Crippen LogP contribution in [0.2, 0.25) is 0 Å². The topological polar surface area (TPSA) is 6.48 Å². The molecule has 2 aliphatic rings. The van der Waals surface area contributed by atoms with E-state index in [4.69, 9.17) is 0 Å². The first-order valence-corrected chi connectivity index (χ1v) is 17.3. The normalized spacial score (nSPS) is 16.1. The Morgan fingerprint density at radius 2 is 1.07 bits per heavy atom. The molecule has 46 heavy (non-hydrogen) atoms. The number of hydrogen-bond donors (Lipinski definition) is 0. The van der Waals surface area contributed by atoms with Crippen LogP contribution in [0.3, 0.4) is 0 Å². The van der Waals surface area contributed by atoms with Crippen LogP contribution in [0.5, 0.6) is 0 Å². The monoisotopic (exact) mass is 630 g/mol. The second-order valence-corrected chi connectivity index (χ2v) is 14.2. The summed E-state index contributed by atoms with van der Waals surface area (Å²) in [5, 5.41) is 4.92. The average molecular weight is 631 g/mol. The summed E-state index contributed by atoms with van der Waals surface area (Å²) in [6, 6.07) is 49.0. The van der Waals surface area contributed by atoms with Gasteiger partial charge in [0.1, 0.15) is 10.1 Å². The maximum Gasteiger partial charge on any atom is 0.116 e. The molecule has 2 aliphatic heterocycles. The Morgan fingerprint density at radius 1 is 0.457 bits per heavy atom. The van der Waals surface area contributed by atoms with Gasteiger partial charge in [-0.1, -0.05) is 132 Å². The molecule has 8 rings (SSSR count). The van der Waals surface area contributed by atoms with E-state index in [1.807, 2.05) is 23.5 Å². The molecule has 0 saturated carbocycles. The van der Waals surface area contributed by atoms with Crippen molar-refractivity contribution in [1.29, 1.82) is 0 Å². The molecule has 0 unspecified atom stereocenters. The zero-order chi connectivity index (χ0) is 31.4. The number of benzene rings is 6. The van der Waals surface area contributed by atoms with Crippen molar-refractivity contribution in [3.63, 3.8) is 0 Å². The van der Waals surface area contributed by atoms with Crippen molar-refractivity contribution in [2.24, 2.45) is 0 Å². The lowest BCUT2D eigenvalue weighted by Gasteiger charge is -2.29. The highest BCUT2D eigenvalue weighted by Crippen LogP contribution is 2.60. The largest absolute Gasteiger partial charge is 0.301 e. The second kappa shape index (κ2) is 11.6. The summed E-state index contributed by atoms with van der Waals surface area (Å²) < 4.78 is 0. The zero-order valence-electron chi connectivity index (χ0n) is 26.4. The Hall–Kier alpha value is -4.64. The van der Waals surface area contributed by atoms with Crippen molar-refractivity contribution in [3.05, 3.63) is 177 Å². The van der Waals surface area contributed by atoms with E-state index >= 15 is 0 Å². The van der Waals surface area contributed by atoms with Crippen LogP contribution in [0.25, 0.3) is 21.4 Å². The van der Waals surface area contributed by atoms with E-state index < -0.39 is 0 Å². The number of thioether (sulfide) groups is 2. The van der Waals surface area contributed by atoms with Crippen molar-refractivity contribution in [2.75, 3.05) is 9.80 Å². The first-order valence-electron chi connectivity index (χ1n) is 15.7. The van der Waals surface area contributed by atoms with Crippen LogP contribution < -0.4 is 9.80 Å². The summed E-state index contributed by atoms with van der Waals surface area (Å²) in [6.07, 6.45) is 0. The van der Waals surface area contributed by atoms with Crippen molar-refractivity contribution in [1.82, 2.24) is 0 Å². The molecule has 0 fully saturated rings. The van der Waals surface area contributed by atoms with Crippen LogP contribution in [-0.2, 0) is 0 Å². The summed E-state index contributed by atoms with van der Waals surface area (Å²) in [4.78, 5) is 7.53. The highest BCUT2D eigenvalue weighted by Gasteiger charge is 2.39. The van der Waals surface area contributed by atoms with E-state index in [0.717, 1.165) is 5.69 Å². The van der Waals surface area contributed by atoms with E-state index in [0.29, 0.717) is 0 Å². The zero-order valence-corrected chi connectivity index (χ0v) is 28.0. The number of hydrogen-bond acceptors (Lipinski definition) is 4. The number of para-hydroxylation sites is 1. The van der Waals surface area contributed by atoms with Gasteiger partial charge in [-0.05, 0) is 97.1 Å². The Kier molecular flexibility index (Phi) is 7.28. The smallest absolute Gasteiger partial charge is 0.116 e. The number of rotatable bonds is 4. The lowest BCUT2D eigenvalue weighted by Crippen LogP contribution is -2.21. The molecule has 4 heteroatoms. The SMILES string of the molecule is Cc1ccc(C2=C(c3ccc(C)cc3)N(c3ccccc3)/C(=C3\Sc4cc(C)c(C)cc4N3c3ccc4ccccc4c3)S2)cc1. The maximum absolute atomic E-state index is 2.49. The third-order valence-electron chi connectivity index (χ3n) is 8.89. The van der Waals surface area contributed by atoms with Crippen LogP contribution >= 0.6 is 23.5 Å². The number of fused-ring (bicyclic) bond motifs is 2. The molecule has 0 spiro atoms. The average Bonchev–Trinajstić information content (AvgIpc) is 3.65. The Bertz CT molecular complexity index is 2180. The molecular formula is C42H34N2S2. The van der Waals surface area contributed by atoms with Crippen LogP contribution in [0, 0.1) is 27.7 Å². The molecule has 0 amide bonds. The fourth-order valence-electron chi connectivity index (χ4n) is 6.23. The number of nitrogens with zero attached hydrogens (tertiary/aromatic N) is 2. The van der Waals surface area contributed by atoms with Crippen molar-refractivity contribution >= 4 is 62.0 Å². The van der Waals surface area contributed by atoms with Gasteiger partial charge in [0.15, 0.2) is 0 Å². The summed E-state index contributed by atoms with van der Waals surface area (Å²) in [5.41, 5.74) is 12.3. The number of anilines is 3. The lowest BCUT2D eigenvalue weighted by atomic mass is 10.0. The molecule has 224 valence electrons. The Morgan fingerprint density at radius 3 is 1.78 bits per heavy atom. The first-order chi connectivity index (χ1) is 22.4. The Balaban J connectivity index is 1.41. The van der Waals surface area contributed by atoms with Gasteiger partial charge >= 0.3 is 0 Å². The van der Waals surface area contributed by atoms with E-state index in [1.54, 1.807) is 0 Å². The predicted octanol–water partition coefficient (Wildman–Crippen LogP) is 12.2. The molecule has 0 aliphatic carbocycles. The molecule has 0 atom stereocenters. The van der Waals surface area contributed by atoms with Gasteiger partial charge in [0.25, 0.3) is 0 Å². The highest BCUT2D eigenvalue weighted by molar-refractivity contribution is 8.14. The van der Waals surface area contributed by atoms with Gasteiger partial charge in [-0.3, -0.25) is 0 Å². The number of aryl methyl sites for hydroxylation is 4. The molecule has 0 bridgehead atoms. The summed E-state index contributed by atoms with van der Waals surface area (Å²) in [7, 11) is 0. The van der Waals surface area contributed by atoms with E-state index in [1.165, 1.54) is 81.1 Å². The van der Waals surface area contributed by atoms with Gasteiger partial charge in [0.05, 0.1) is 11.4 Å². The molecular weight excluding hydrogens is 597 g/mol. The molecule has 6 aromatic carbocycles. The van der Waals surface area contributed by atoms with Crippen LogP contribution in [-0.4, -0.2) is 0 Å². The molecule has 2 heterocycles. The molecule has 0 N–H and O–H groups in total. The van der Waals surface area contributed by atoms with Gasteiger partial charge < -0.3 is 9.80 Å². The second-order valence-electron chi connectivity index (χ2n) is 12.2. The van der Waals surface area contributed by atoms with Crippen LogP contribution in [0.15, 0.2) is 148 Å². The molecule has 0 saturated heterocycles. The molecule has 0 aromatic heterocycles. The predicted molar refractivity (Wildman–Crippen MR) is 201 cm³/mol. The summed E-state index contributed by atoms with van der Waals surface area (Å²) in [6.45, 7) is 8.75. The molecule has 2 nitrogen and oxygen atoms in total. The fourth-order valence-corrected chi connectivity index (χ4v) is 8.87. The molecule has 0 radical (unpaired) electrons. The summed E-state index contributed by atoms with van der Waals surface area (Å²) >= 11 is 3.76. The van der Waals surface area contributed by atoms with Gasteiger partial charge in [-0.25, -0.2) is 0 Å². The minimum Gasteiger partial charge on any atom is -0.301 e. The standard InChI is InChI=1S/C42H34N2S2/c1-27-14-18-32(19-15-27)39-40(33-20-16-28(2)17-21-33)46-42(44(39)35-12-6-5-7-13-35)41-43(37-24-29(3)30(4)25-38(37)45-41)36-23-22-31-10-8-9-11-34(31)26-36/h5-26H,1-4H3/b42-41+. The van der Waals surface area contributed by atoms with Gasteiger partial charge in [-0.2, -0.15) is 0 Å². The van der Waals surface area contributed by atoms with Crippen molar-refractivity contribution in [3.8, 4) is 0 Å². The van der Waals surface area contributed by atoms with E-state index in [9.17, 15) is 0 Å². The third kappa shape index (κ3) is 5.02. The fraction of sp³-hybridized carbons (Fsp3) is 0.0952. The minimum absolute atomic E-state index is 1.15. The quantitative estimate of drug-likeness (QED) is 0.191. The first kappa shape index (κ1) is 28.8. The van der Waals surface area contributed by atoms with Gasteiger partial charge in [0, 0.05) is 21.2 Å². The van der Waals surface area contributed by atoms with Crippen LogP contribution in [0.1, 0.15) is 33.4 Å². The van der Waals surface area contributed by atoms with Gasteiger partial charge in [-0.15, -0.1) is 0 Å². The van der Waals surface area contributed by atoms with Crippen LogP contribution in [0.4, 0.5) is 17.1 Å². The Labute approximate surface area is 280 Å². The molecule has 6 aromatic rings. The third-order valence-corrected chi connectivity index (χ3v) is 11.3. The van der Waals surface area contributed by atoms with Crippen molar-refractivity contribution < 1.29 is 0 Å². The summed E-state index contributed by atoms with van der Waals surface area (Å²) in [5.74, 6) is 0. The van der Waals surface area contributed by atoms with E-state index in [2.05, 4.69) is 171 Å². The highest BCUT2D eigenvalue weighted by atomic mass is 32.2. The van der Waals surface area contributed by atoms with Crippen molar-refractivity contribution in [2.45, 2.75) is 32.6 Å². The minimum atomic E-state index is 1.15. The maximum atomic E-state index is 2.49. The van der Waals surface area contributed by atoms with Gasteiger partial charge in [0.2, 0.25) is 0 Å².